The molecule has 0 aliphatic heterocycles. The van der Waals surface area contributed by atoms with Gasteiger partial charge in [-0.15, -0.1) is 0 Å². The van der Waals surface area contributed by atoms with E-state index in [1.54, 1.807) is 0 Å². The van der Waals surface area contributed by atoms with Crippen LogP contribution in [0.25, 0.3) is 66.7 Å². The van der Waals surface area contributed by atoms with Crippen molar-refractivity contribution in [3.8, 4) is 17.3 Å². The van der Waals surface area contributed by atoms with E-state index >= 15 is 0 Å². The summed E-state index contributed by atoms with van der Waals surface area (Å²) >= 11 is 0. The third-order valence-electron chi connectivity index (χ3n) is 7.29. The van der Waals surface area contributed by atoms with Crippen LogP contribution in [0.3, 0.4) is 0 Å². The molecule has 0 spiro atoms. The number of benzene rings is 4. The van der Waals surface area contributed by atoms with Crippen molar-refractivity contribution in [1.29, 1.82) is 0 Å². The first-order valence-corrected chi connectivity index (χ1v) is 12.9. The second-order valence-electron chi connectivity index (χ2n) is 9.57. The van der Waals surface area contributed by atoms with Gasteiger partial charge in [0.05, 0.1) is 16.4 Å². The van der Waals surface area contributed by atoms with Crippen LogP contribution in [0.4, 0.5) is 0 Å². The molecule has 0 bridgehead atoms. The smallest absolute Gasteiger partial charge is 0.238 e. The van der Waals surface area contributed by atoms with E-state index in [2.05, 4.69) is 71.3 Å². The van der Waals surface area contributed by atoms with Crippen molar-refractivity contribution >= 4 is 49.3 Å². The molecule has 4 aromatic carbocycles. The third kappa shape index (κ3) is 3.15. The molecule has 0 saturated heterocycles. The molecule has 0 amide bonds. The Hall–Kier alpha value is -5.03. The molecule has 1 aliphatic rings. The molecule has 3 aromatic heterocycles. The van der Waals surface area contributed by atoms with Crippen LogP contribution in [-0.2, 0) is 0 Å². The van der Waals surface area contributed by atoms with E-state index in [4.69, 9.17) is 19.4 Å². The number of aromatic nitrogens is 4. The third-order valence-corrected chi connectivity index (χ3v) is 7.29. The predicted molar refractivity (Wildman–Crippen MR) is 153 cm³/mol. The number of allylic oxidation sites excluding steroid dienone is 4. The highest BCUT2D eigenvalue weighted by molar-refractivity contribution is 6.23. The van der Waals surface area contributed by atoms with Crippen molar-refractivity contribution in [2.24, 2.45) is 0 Å². The first-order valence-electron chi connectivity index (χ1n) is 12.9. The van der Waals surface area contributed by atoms with Crippen LogP contribution in [-0.4, -0.2) is 19.5 Å². The molecular formula is C33H22N4O. The Kier molecular flexibility index (Phi) is 4.58. The summed E-state index contributed by atoms with van der Waals surface area (Å²) in [4.78, 5) is 15.0. The number of furan rings is 1. The highest BCUT2D eigenvalue weighted by Crippen LogP contribution is 2.40. The maximum Gasteiger partial charge on any atom is 0.238 e. The number of hydrogen-bond acceptors (Lipinski definition) is 4. The van der Waals surface area contributed by atoms with Crippen LogP contribution >= 0.6 is 0 Å². The molecule has 0 fully saturated rings. The maximum absolute atomic E-state index is 6.45. The molecule has 7 aromatic rings. The van der Waals surface area contributed by atoms with Crippen LogP contribution in [0.2, 0.25) is 0 Å². The molecule has 180 valence electrons. The fourth-order valence-electron chi connectivity index (χ4n) is 5.54. The number of rotatable bonds is 3. The van der Waals surface area contributed by atoms with E-state index in [0.717, 1.165) is 67.7 Å². The lowest BCUT2D eigenvalue weighted by molar-refractivity contribution is 0.673. The summed E-state index contributed by atoms with van der Waals surface area (Å²) in [5.41, 5.74) is 5.78. The SMILES string of the molecule is C1=CC(c2nc(-c3ccccc3)nc(-n3c4ccccc4c4c5oc6ccccc6c5ccc43)n2)=CCC1. The van der Waals surface area contributed by atoms with Crippen LogP contribution in [0.15, 0.2) is 114 Å². The lowest BCUT2D eigenvalue weighted by Gasteiger charge is -2.12. The summed E-state index contributed by atoms with van der Waals surface area (Å²) in [6.07, 6.45) is 8.51. The summed E-state index contributed by atoms with van der Waals surface area (Å²) < 4.78 is 8.59. The van der Waals surface area contributed by atoms with Crippen LogP contribution in [0.1, 0.15) is 18.7 Å². The standard InChI is InChI=1S/C33H22N4O/c1-3-11-21(12-4-1)31-34-32(22-13-5-2-6-14-22)36-33(35-31)37-26-17-9-7-16-25(26)29-27(37)20-19-24-23-15-8-10-18-28(23)38-30(24)29/h1,3-5,7-20H,2,6H2. The van der Waals surface area contributed by atoms with Crippen molar-refractivity contribution in [2.75, 3.05) is 0 Å². The average molecular weight is 491 g/mol. The van der Waals surface area contributed by atoms with Gasteiger partial charge in [-0.25, -0.2) is 4.98 Å². The zero-order valence-electron chi connectivity index (χ0n) is 20.5. The Morgan fingerprint density at radius 3 is 2.29 bits per heavy atom. The molecule has 0 N–H and O–H groups in total. The van der Waals surface area contributed by atoms with Gasteiger partial charge in [-0.05, 0) is 37.1 Å². The first kappa shape index (κ1) is 21.1. The Morgan fingerprint density at radius 2 is 1.42 bits per heavy atom. The molecule has 0 radical (unpaired) electrons. The maximum atomic E-state index is 6.45. The molecule has 5 nitrogen and oxygen atoms in total. The first-order chi connectivity index (χ1) is 18.8. The minimum absolute atomic E-state index is 0.593. The lowest BCUT2D eigenvalue weighted by Crippen LogP contribution is -2.08. The van der Waals surface area contributed by atoms with Gasteiger partial charge in [0.2, 0.25) is 5.95 Å². The minimum Gasteiger partial charge on any atom is -0.455 e. The van der Waals surface area contributed by atoms with E-state index in [1.165, 1.54) is 0 Å². The molecule has 5 heteroatoms. The van der Waals surface area contributed by atoms with Crippen molar-refractivity contribution in [3.05, 3.63) is 115 Å². The van der Waals surface area contributed by atoms with Gasteiger partial charge in [-0.2, -0.15) is 9.97 Å². The van der Waals surface area contributed by atoms with E-state index in [9.17, 15) is 0 Å². The van der Waals surface area contributed by atoms with Crippen molar-refractivity contribution in [1.82, 2.24) is 19.5 Å². The van der Waals surface area contributed by atoms with Gasteiger partial charge < -0.3 is 4.42 Å². The van der Waals surface area contributed by atoms with Gasteiger partial charge in [-0.1, -0.05) is 85.0 Å². The number of nitrogens with zero attached hydrogens (tertiary/aromatic N) is 4. The van der Waals surface area contributed by atoms with E-state index in [-0.39, 0.29) is 0 Å². The minimum atomic E-state index is 0.593. The average Bonchev–Trinajstić information content (AvgIpc) is 3.53. The summed E-state index contributed by atoms with van der Waals surface area (Å²) in [7, 11) is 0. The Bertz CT molecular complexity index is 2080. The molecule has 3 heterocycles. The van der Waals surface area contributed by atoms with Gasteiger partial charge in [0.25, 0.3) is 0 Å². The largest absolute Gasteiger partial charge is 0.455 e. The number of para-hydroxylation sites is 2. The van der Waals surface area contributed by atoms with Crippen LogP contribution in [0, 0.1) is 0 Å². The fourth-order valence-corrected chi connectivity index (χ4v) is 5.54. The predicted octanol–water partition coefficient (Wildman–Crippen LogP) is 8.27. The summed E-state index contributed by atoms with van der Waals surface area (Å²) in [5, 5.41) is 4.39. The number of hydrogen-bond donors (Lipinski definition) is 0. The summed E-state index contributed by atoms with van der Waals surface area (Å²) in [5.74, 6) is 1.93. The molecule has 0 unspecified atom stereocenters. The molecule has 38 heavy (non-hydrogen) atoms. The molecular weight excluding hydrogens is 468 g/mol. The molecule has 0 saturated carbocycles. The molecule has 8 rings (SSSR count). The quantitative estimate of drug-likeness (QED) is 0.250. The Labute approximate surface area is 218 Å². The normalized spacial score (nSPS) is 13.6. The van der Waals surface area contributed by atoms with Crippen molar-refractivity contribution in [2.45, 2.75) is 12.8 Å². The molecule has 1 aliphatic carbocycles. The highest BCUT2D eigenvalue weighted by Gasteiger charge is 2.21. The topological polar surface area (TPSA) is 56.7 Å². The van der Waals surface area contributed by atoms with E-state index < -0.39 is 0 Å². The Morgan fingerprint density at radius 1 is 0.632 bits per heavy atom. The monoisotopic (exact) mass is 490 g/mol. The van der Waals surface area contributed by atoms with Gasteiger partial charge in [0, 0.05) is 27.3 Å². The molecule has 0 atom stereocenters. The second-order valence-corrected chi connectivity index (χ2v) is 9.57. The lowest BCUT2D eigenvalue weighted by atomic mass is 10.1. The van der Waals surface area contributed by atoms with Gasteiger partial charge in [0.15, 0.2) is 11.6 Å². The van der Waals surface area contributed by atoms with Crippen LogP contribution < -0.4 is 0 Å². The van der Waals surface area contributed by atoms with Gasteiger partial charge in [-0.3, -0.25) is 4.57 Å². The van der Waals surface area contributed by atoms with Gasteiger partial charge in [0.1, 0.15) is 11.2 Å². The second kappa shape index (κ2) is 8.25. The summed E-state index contributed by atoms with van der Waals surface area (Å²) in [6.45, 7) is 0. The Balaban J connectivity index is 1.47. The van der Waals surface area contributed by atoms with Crippen molar-refractivity contribution < 1.29 is 4.42 Å². The van der Waals surface area contributed by atoms with E-state index in [0.29, 0.717) is 17.6 Å². The fraction of sp³-hybridized carbons (Fsp3) is 0.0606. The van der Waals surface area contributed by atoms with E-state index in [1.807, 2.05) is 42.5 Å². The van der Waals surface area contributed by atoms with Crippen LogP contribution in [0.5, 0.6) is 0 Å². The number of fused-ring (bicyclic) bond motifs is 7. The highest BCUT2D eigenvalue weighted by atomic mass is 16.3. The zero-order valence-corrected chi connectivity index (χ0v) is 20.5. The van der Waals surface area contributed by atoms with Crippen molar-refractivity contribution in [3.63, 3.8) is 0 Å². The summed E-state index contributed by atoms with van der Waals surface area (Å²) in [6, 6.07) is 31.0. The zero-order chi connectivity index (χ0) is 25.1. The van der Waals surface area contributed by atoms with Gasteiger partial charge >= 0.3 is 0 Å².